The molecule has 21 heavy (non-hydrogen) atoms. The number of carbonyl (C=O) groups is 1. The van der Waals surface area contributed by atoms with Crippen molar-refractivity contribution < 1.29 is 4.79 Å². The minimum atomic E-state index is 0.0495. The number of fused-ring (bicyclic) bond motifs is 1. The molecule has 0 saturated carbocycles. The topological polar surface area (TPSA) is 46.1 Å². The molecule has 1 aromatic carbocycles. The van der Waals surface area contributed by atoms with Crippen LogP contribution in [-0.2, 0) is 17.9 Å². The Morgan fingerprint density at radius 2 is 2.00 bits per heavy atom. The van der Waals surface area contributed by atoms with E-state index < -0.39 is 0 Å². The van der Waals surface area contributed by atoms with Crippen molar-refractivity contribution in [1.29, 1.82) is 0 Å². The molecule has 0 atom stereocenters. The van der Waals surface area contributed by atoms with E-state index in [0.717, 1.165) is 12.1 Å². The Bertz CT molecular complexity index is 622. The summed E-state index contributed by atoms with van der Waals surface area (Å²) < 4.78 is 1.99. The molecule has 0 radical (unpaired) electrons. The summed E-state index contributed by atoms with van der Waals surface area (Å²) in [6.45, 7) is 10.3. The van der Waals surface area contributed by atoms with Gasteiger partial charge in [0.1, 0.15) is 6.54 Å². The SMILES string of the molecule is CCNC(=O)Cn1ccc2cc(CNC(C)(C)C)ccc21. The maximum atomic E-state index is 11.7. The molecule has 0 spiro atoms. The van der Waals surface area contributed by atoms with Crippen molar-refractivity contribution in [1.82, 2.24) is 15.2 Å². The minimum absolute atomic E-state index is 0.0495. The number of carbonyl (C=O) groups excluding carboxylic acids is 1. The van der Waals surface area contributed by atoms with Crippen LogP contribution >= 0.6 is 0 Å². The second kappa shape index (κ2) is 6.31. The van der Waals surface area contributed by atoms with Crippen molar-refractivity contribution in [2.75, 3.05) is 6.54 Å². The molecule has 0 saturated heterocycles. The number of nitrogens with zero attached hydrogens (tertiary/aromatic N) is 1. The van der Waals surface area contributed by atoms with E-state index in [1.807, 2.05) is 17.7 Å². The lowest BCUT2D eigenvalue weighted by Gasteiger charge is -2.20. The maximum absolute atomic E-state index is 11.7. The zero-order valence-electron chi connectivity index (χ0n) is 13.4. The molecule has 2 aromatic rings. The van der Waals surface area contributed by atoms with Crippen molar-refractivity contribution in [3.8, 4) is 0 Å². The summed E-state index contributed by atoms with van der Waals surface area (Å²) >= 11 is 0. The zero-order chi connectivity index (χ0) is 15.5. The summed E-state index contributed by atoms with van der Waals surface area (Å²) in [5.74, 6) is 0.0495. The summed E-state index contributed by atoms with van der Waals surface area (Å²) in [6, 6.07) is 8.46. The molecule has 2 rings (SSSR count). The van der Waals surface area contributed by atoms with Crippen molar-refractivity contribution in [3.63, 3.8) is 0 Å². The van der Waals surface area contributed by atoms with Crippen molar-refractivity contribution in [3.05, 3.63) is 36.0 Å². The standard InChI is InChI=1S/C17H25N3O/c1-5-18-16(21)12-20-9-8-14-10-13(6-7-15(14)20)11-19-17(2,3)4/h6-10,19H,5,11-12H2,1-4H3,(H,18,21). The Balaban J connectivity index is 2.13. The van der Waals surface area contributed by atoms with Gasteiger partial charge in [-0.3, -0.25) is 4.79 Å². The largest absolute Gasteiger partial charge is 0.355 e. The van der Waals surface area contributed by atoms with E-state index >= 15 is 0 Å². The van der Waals surface area contributed by atoms with Crippen LogP contribution in [0.1, 0.15) is 33.3 Å². The summed E-state index contributed by atoms with van der Waals surface area (Å²) in [6.07, 6.45) is 1.97. The number of hydrogen-bond donors (Lipinski definition) is 2. The van der Waals surface area contributed by atoms with E-state index in [0.29, 0.717) is 13.1 Å². The number of hydrogen-bond acceptors (Lipinski definition) is 2. The van der Waals surface area contributed by atoms with Gasteiger partial charge in [-0.25, -0.2) is 0 Å². The molecule has 2 N–H and O–H groups in total. The van der Waals surface area contributed by atoms with Crippen LogP contribution in [0.5, 0.6) is 0 Å². The van der Waals surface area contributed by atoms with Crippen LogP contribution < -0.4 is 10.6 Å². The summed E-state index contributed by atoms with van der Waals surface area (Å²) in [5.41, 5.74) is 2.47. The number of likely N-dealkylation sites (N-methyl/N-ethyl adjacent to an activating group) is 1. The van der Waals surface area contributed by atoms with Gasteiger partial charge in [0.15, 0.2) is 0 Å². The quantitative estimate of drug-likeness (QED) is 0.888. The van der Waals surface area contributed by atoms with E-state index in [4.69, 9.17) is 0 Å². The fourth-order valence-electron chi connectivity index (χ4n) is 2.27. The number of rotatable bonds is 5. The molecule has 0 aliphatic carbocycles. The Kier molecular flexibility index (Phi) is 4.68. The van der Waals surface area contributed by atoms with Crippen LogP contribution in [-0.4, -0.2) is 22.6 Å². The van der Waals surface area contributed by atoms with Gasteiger partial charge in [0, 0.05) is 30.3 Å². The lowest BCUT2D eigenvalue weighted by molar-refractivity contribution is -0.121. The van der Waals surface area contributed by atoms with E-state index in [2.05, 4.69) is 55.7 Å². The molecule has 0 aliphatic rings. The van der Waals surface area contributed by atoms with Crippen molar-refractivity contribution >= 4 is 16.8 Å². The smallest absolute Gasteiger partial charge is 0.239 e. The summed E-state index contributed by atoms with van der Waals surface area (Å²) in [7, 11) is 0. The van der Waals surface area contributed by atoms with Gasteiger partial charge in [0.25, 0.3) is 0 Å². The Hall–Kier alpha value is -1.81. The van der Waals surface area contributed by atoms with Crippen molar-refractivity contribution in [2.45, 2.75) is 46.3 Å². The van der Waals surface area contributed by atoms with E-state index in [1.54, 1.807) is 0 Å². The Morgan fingerprint density at radius 1 is 1.24 bits per heavy atom. The van der Waals surface area contributed by atoms with Crippen LogP contribution in [0.2, 0.25) is 0 Å². The lowest BCUT2D eigenvalue weighted by atomic mass is 10.1. The highest BCUT2D eigenvalue weighted by Crippen LogP contribution is 2.18. The molecule has 1 amide bonds. The summed E-state index contributed by atoms with van der Waals surface area (Å²) in [4.78, 5) is 11.7. The predicted molar refractivity (Wildman–Crippen MR) is 87.2 cm³/mol. The summed E-state index contributed by atoms with van der Waals surface area (Å²) in [5, 5.41) is 7.49. The van der Waals surface area contributed by atoms with Gasteiger partial charge >= 0.3 is 0 Å². The van der Waals surface area contributed by atoms with E-state index in [-0.39, 0.29) is 11.4 Å². The molecule has 1 aromatic heterocycles. The zero-order valence-corrected chi connectivity index (χ0v) is 13.4. The second-order valence-corrected chi connectivity index (χ2v) is 6.39. The minimum Gasteiger partial charge on any atom is -0.355 e. The predicted octanol–water partition coefficient (Wildman–Crippen LogP) is 2.67. The fourth-order valence-corrected chi connectivity index (χ4v) is 2.27. The van der Waals surface area contributed by atoms with Gasteiger partial charge in [-0.15, -0.1) is 0 Å². The van der Waals surface area contributed by atoms with Crippen LogP contribution in [0.15, 0.2) is 30.5 Å². The molecule has 0 unspecified atom stereocenters. The molecule has 0 fully saturated rings. The molecule has 4 heteroatoms. The molecule has 114 valence electrons. The van der Waals surface area contributed by atoms with Crippen LogP contribution in [0.25, 0.3) is 10.9 Å². The van der Waals surface area contributed by atoms with Gasteiger partial charge < -0.3 is 15.2 Å². The molecule has 1 heterocycles. The normalized spacial score (nSPS) is 11.8. The monoisotopic (exact) mass is 287 g/mol. The Labute approximate surface area is 126 Å². The fraction of sp³-hybridized carbons (Fsp3) is 0.471. The number of amides is 1. The average molecular weight is 287 g/mol. The highest BCUT2D eigenvalue weighted by atomic mass is 16.1. The van der Waals surface area contributed by atoms with E-state index in [9.17, 15) is 4.79 Å². The molecule has 4 nitrogen and oxygen atoms in total. The van der Waals surface area contributed by atoms with Gasteiger partial charge in [0.2, 0.25) is 5.91 Å². The maximum Gasteiger partial charge on any atom is 0.239 e. The molecule has 0 aliphatic heterocycles. The number of aromatic nitrogens is 1. The molecule has 0 bridgehead atoms. The first kappa shape index (κ1) is 15.6. The van der Waals surface area contributed by atoms with Gasteiger partial charge in [-0.2, -0.15) is 0 Å². The highest BCUT2D eigenvalue weighted by Gasteiger charge is 2.10. The molecular weight excluding hydrogens is 262 g/mol. The first-order valence-electron chi connectivity index (χ1n) is 7.48. The second-order valence-electron chi connectivity index (χ2n) is 6.39. The third-order valence-corrected chi connectivity index (χ3v) is 3.35. The van der Waals surface area contributed by atoms with Gasteiger partial charge in [-0.05, 0) is 56.8 Å². The van der Waals surface area contributed by atoms with Crippen molar-refractivity contribution in [2.24, 2.45) is 0 Å². The first-order chi connectivity index (χ1) is 9.89. The van der Waals surface area contributed by atoms with Gasteiger partial charge in [0.05, 0.1) is 0 Å². The molecular formula is C17H25N3O. The van der Waals surface area contributed by atoms with Gasteiger partial charge in [-0.1, -0.05) is 6.07 Å². The number of benzene rings is 1. The van der Waals surface area contributed by atoms with Crippen LogP contribution in [0, 0.1) is 0 Å². The van der Waals surface area contributed by atoms with E-state index in [1.165, 1.54) is 10.9 Å². The Morgan fingerprint density at radius 3 is 2.67 bits per heavy atom. The van der Waals surface area contributed by atoms with Crippen LogP contribution in [0.3, 0.4) is 0 Å². The highest BCUT2D eigenvalue weighted by molar-refractivity contribution is 5.83. The average Bonchev–Trinajstić information content (AvgIpc) is 2.78. The third-order valence-electron chi connectivity index (χ3n) is 3.35. The van der Waals surface area contributed by atoms with Crippen LogP contribution in [0.4, 0.5) is 0 Å². The lowest BCUT2D eigenvalue weighted by Crippen LogP contribution is -2.35. The number of nitrogens with one attached hydrogen (secondary N) is 2. The first-order valence-corrected chi connectivity index (χ1v) is 7.48. The third kappa shape index (κ3) is 4.33.